The fourth-order valence-corrected chi connectivity index (χ4v) is 4.67. The first-order valence-electron chi connectivity index (χ1n) is 8.92. The molecule has 2 aliphatic carbocycles. The van der Waals surface area contributed by atoms with E-state index in [4.69, 9.17) is 0 Å². The monoisotopic (exact) mass is 280 g/mol. The van der Waals surface area contributed by atoms with Gasteiger partial charge in [-0.05, 0) is 37.5 Å². The smallest absolute Gasteiger partial charge is 0.309 e. The van der Waals surface area contributed by atoms with E-state index >= 15 is 0 Å². The standard InChI is InChI=1S/C18H32O2/c1-2-3-5-8-15-9-11-16(12-10-15)18(17(19)20)13-6-4-7-14-18/h15-16H,2-14H2,1H3,(H,19,20)/t15-,16-. The lowest BCUT2D eigenvalue weighted by molar-refractivity contribution is -0.157. The van der Waals surface area contributed by atoms with Crippen molar-refractivity contribution >= 4 is 5.97 Å². The Kier molecular flexibility index (Phi) is 5.92. The number of carbonyl (C=O) groups is 1. The Morgan fingerprint density at radius 3 is 2.25 bits per heavy atom. The molecule has 0 atom stereocenters. The van der Waals surface area contributed by atoms with E-state index in [1.165, 1.54) is 57.8 Å². The van der Waals surface area contributed by atoms with Crippen molar-refractivity contribution < 1.29 is 9.90 Å². The molecule has 0 aliphatic heterocycles. The Labute approximate surface area is 124 Å². The van der Waals surface area contributed by atoms with Crippen LogP contribution in [0.4, 0.5) is 0 Å². The normalized spacial score (nSPS) is 30.1. The highest BCUT2D eigenvalue weighted by molar-refractivity contribution is 5.75. The number of unbranched alkanes of at least 4 members (excludes halogenated alkanes) is 2. The summed E-state index contributed by atoms with van der Waals surface area (Å²) in [7, 11) is 0. The summed E-state index contributed by atoms with van der Waals surface area (Å²) >= 11 is 0. The summed E-state index contributed by atoms with van der Waals surface area (Å²) in [6.45, 7) is 2.26. The van der Waals surface area contributed by atoms with Crippen LogP contribution in [0.15, 0.2) is 0 Å². The van der Waals surface area contributed by atoms with E-state index in [0.29, 0.717) is 5.92 Å². The molecule has 2 heteroatoms. The third-order valence-corrected chi connectivity index (χ3v) is 6.02. The Balaban J connectivity index is 1.86. The zero-order chi connectivity index (χ0) is 14.4. The molecule has 2 saturated carbocycles. The van der Waals surface area contributed by atoms with E-state index in [2.05, 4.69) is 6.92 Å². The number of rotatable bonds is 6. The summed E-state index contributed by atoms with van der Waals surface area (Å²) < 4.78 is 0. The average molecular weight is 280 g/mol. The van der Waals surface area contributed by atoms with Crippen molar-refractivity contribution in [2.45, 2.75) is 90.4 Å². The third kappa shape index (κ3) is 3.56. The van der Waals surface area contributed by atoms with Gasteiger partial charge in [0.05, 0.1) is 5.41 Å². The van der Waals surface area contributed by atoms with Crippen LogP contribution < -0.4 is 0 Å². The second-order valence-corrected chi connectivity index (χ2v) is 7.24. The Bertz CT molecular complexity index is 297. The van der Waals surface area contributed by atoms with Gasteiger partial charge in [-0.15, -0.1) is 0 Å². The zero-order valence-electron chi connectivity index (χ0n) is 13.2. The first-order chi connectivity index (χ1) is 9.69. The van der Waals surface area contributed by atoms with Gasteiger partial charge in [0.2, 0.25) is 0 Å². The lowest BCUT2D eigenvalue weighted by atomic mass is 9.60. The van der Waals surface area contributed by atoms with E-state index in [0.717, 1.165) is 31.6 Å². The quantitative estimate of drug-likeness (QED) is 0.661. The molecule has 0 heterocycles. The summed E-state index contributed by atoms with van der Waals surface area (Å²) in [5.74, 6) is 0.849. The van der Waals surface area contributed by atoms with Crippen molar-refractivity contribution in [3.05, 3.63) is 0 Å². The predicted molar refractivity (Wildman–Crippen MR) is 82.7 cm³/mol. The molecule has 0 aromatic rings. The Morgan fingerprint density at radius 1 is 1.05 bits per heavy atom. The molecule has 2 aliphatic rings. The van der Waals surface area contributed by atoms with E-state index < -0.39 is 5.97 Å². The summed E-state index contributed by atoms with van der Waals surface area (Å²) in [5.41, 5.74) is -0.355. The summed E-state index contributed by atoms with van der Waals surface area (Å²) in [6.07, 6.45) is 15.7. The molecule has 0 spiro atoms. The number of hydrogen-bond acceptors (Lipinski definition) is 1. The minimum atomic E-state index is -0.494. The molecule has 0 bridgehead atoms. The van der Waals surface area contributed by atoms with Gasteiger partial charge in [0, 0.05) is 0 Å². The Hall–Kier alpha value is -0.530. The number of carboxylic acid groups (broad SMARTS) is 1. The van der Waals surface area contributed by atoms with Crippen LogP contribution in [0.2, 0.25) is 0 Å². The van der Waals surface area contributed by atoms with Gasteiger partial charge in [-0.2, -0.15) is 0 Å². The number of hydrogen-bond donors (Lipinski definition) is 1. The van der Waals surface area contributed by atoms with Crippen molar-refractivity contribution in [3.63, 3.8) is 0 Å². The third-order valence-electron chi connectivity index (χ3n) is 6.02. The highest BCUT2D eigenvalue weighted by Gasteiger charge is 2.46. The van der Waals surface area contributed by atoms with Crippen molar-refractivity contribution in [2.75, 3.05) is 0 Å². The average Bonchev–Trinajstić information content (AvgIpc) is 2.49. The molecule has 2 fully saturated rings. The summed E-state index contributed by atoms with van der Waals surface area (Å²) in [5, 5.41) is 9.78. The first kappa shape index (κ1) is 15.9. The maximum Gasteiger partial charge on any atom is 0.309 e. The molecular weight excluding hydrogens is 248 g/mol. The van der Waals surface area contributed by atoms with Gasteiger partial charge in [-0.1, -0.05) is 64.7 Å². The summed E-state index contributed by atoms with van der Waals surface area (Å²) in [6, 6.07) is 0. The van der Waals surface area contributed by atoms with E-state index in [1.807, 2.05) is 0 Å². The van der Waals surface area contributed by atoms with E-state index in [9.17, 15) is 9.90 Å². The first-order valence-corrected chi connectivity index (χ1v) is 8.92. The molecule has 2 rings (SSSR count). The van der Waals surface area contributed by atoms with E-state index in [-0.39, 0.29) is 5.41 Å². The van der Waals surface area contributed by atoms with Crippen molar-refractivity contribution in [3.8, 4) is 0 Å². The molecule has 20 heavy (non-hydrogen) atoms. The van der Waals surface area contributed by atoms with E-state index in [1.54, 1.807) is 0 Å². The maximum absolute atomic E-state index is 11.9. The predicted octanol–water partition coefficient (Wildman–Crippen LogP) is 5.41. The van der Waals surface area contributed by atoms with Gasteiger partial charge >= 0.3 is 5.97 Å². The molecule has 2 nitrogen and oxygen atoms in total. The second kappa shape index (κ2) is 7.47. The van der Waals surface area contributed by atoms with Crippen LogP contribution in [-0.4, -0.2) is 11.1 Å². The highest BCUT2D eigenvalue weighted by atomic mass is 16.4. The summed E-state index contributed by atoms with van der Waals surface area (Å²) in [4.78, 5) is 11.9. The molecule has 1 N–H and O–H groups in total. The fourth-order valence-electron chi connectivity index (χ4n) is 4.67. The number of carboxylic acids is 1. The van der Waals surface area contributed by atoms with Crippen molar-refractivity contribution in [1.82, 2.24) is 0 Å². The van der Waals surface area contributed by atoms with Crippen LogP contribution in [0.1, 0.15) is 90.4 Å². The van der Waals surface area contributed by atoms with Gasteiger partial charge in [0.25, 0.3) is 0 Å². The topological polar surface area (TPSA) is 37.3 Å². The fraction of sp³-hybridized carbons (Fsp3) is 0.944. The van der Waals surface area contributed by atoms with Gasteiger partial charge < -0.3 is 5.11 Å². The van der Waals surface area contributed by atoms with Gasteiger partial charge in [-0.3, -0.25) is 4.79 Å². The molecule has 0 amide bonds. The SMILES string of the molecule is CCCCC[C@H]1CC[C@H](C2(C(=O)O)CCCCC2)CC1. The lowest BCUT2D eigenvalue weighted by Crippen LogP contribution is -2.42. The van der Waals surface area contributed by atoms with Gasteiger partial charge in [-0.25, -0.2) is 0 Å². The van der Waals surface area contributed by atoms with Crippen molar-refractivity contribution in [2.24, 2.45) is 17.3 Å². The maximum atomic E-state index is 11.9. The van der Waals surface area contributed by atoms with Crippen LogP contribution >= 0.6 is 0 Å². The highest BCUT2D eigenvalue weighted by Crippen LogP contribution is 2.49. The van der Waals surface area contributed by atoms with Gasteiger partial charge in [0.15, 0.2) is 0 Å². The second-order valence-electron chi connectivity index (χ2n) is 7.24. The molecule has 0 aromatic carbocycles. The molecule has 116 valence electrons. The molecule has 0 aromatic heterocycles. The minimum absolute atomic E-state index is 0.355. The molecule has 0 saturated heterocycles. The van der Waals surface area contributed by atoms with Crippen LogP contribution in [-0.2, 0) is 4.79 Å². The minimum Gasteiger partial charge on any atom is -0.481 e. The van der Waals surface area contributed by atoms with Crippen LogP contribution in [0.25, 0.3) is 0 Å². The van der Waals surface area contributed by atoms with Crippen LogP contribution in [0.3, 0.4) is 0 Å². The molecule has 0 radical (unpaired) electrons. The molecule has 0 unspecified atom stereocenters. The zero-order valence-corrected chi connectivity index (χ0v) is 13.2. The Morgan fingerprint density at radius 2 is 1.70 bits per heavy atom. The van der Waals surface area contributed by atoms with Crippen molar-refractivity contribution in [1.29, 1.82) is 0 Å². The molecular formula is C18H32O2. The number of aliphatic carboxylic acids is 1. The van der Waals surface area contributed by atoms with Crippen LogP contribution in [0.5, 0.6) is 0 Å². The van der Waals surface area contributed by atoms with Gasteiger partial charge in [0.1, 0.15) is 0 Å². The van der Waals surface area contributed by atoms with Crippen LogP contribution in [0, 0.1) is 17.3 Å². The largest absolute Gasteiger partial charge is 0.481 e. The lowest BCUT2D eigenvalue weighted by Gasteiger charge is -2.43.